The van der Waals surface area contributed by atoms with E-state index in [1.807, 2.05) is 30.5 Å². The van der Waals surface area contributed by atoms with Crippen molar-refractivity contribution in [1.82, 2.24) is 10.6 Å². The van der Waals surface area contributed by atoms with Crippen LogP contribution >= 0.6 is 11.8 Å². The van der Waals surface area contributed by atoms with Gasteiger partial charge in [-0.1, -0.05) is 18.2 Å². The van der Waals surface area contributed by atoms with Gasteiger partial charge in [-0.15, -0.1) is 11.8 Å². The van der Waals surface area contributed by atoms with Crippen LogP contribution in [0.4, 0.5) is 0 Å². The molecule has 4 rings (SSSR count). The van der Waals surface area contributed by atoms with Gasteiger partial charge in [0.2, 0.25) is 0 Å². The molecule has 3 unspecified atom stereocenters. The van der Waals surface area contributed by atoms with Crippen LogP contribution in [0.15, 0.2) is 45.7 Å². The summed E-state index contributed by atoms with van der Waals surface area (Å²) in [6.07, 6.45) is 5.45. The van der Waals surface area contributed by atoms with E-state index >= 15 is 0 Å². The normalized spacial score (nSPS) is 25.7. The van der Waals surface area contributed by atoms with E-state index in [1.54, 1.807) is 17.8 Å². The average Bonchev–Trinajstić information content (AvgIpc) is 3.31. The number of rotatable bonds is 4. The molecule has 0 aliphatic carbocycles. The number of nitrogens with one attached hydrogen (secondary N) is 2. The van der Waals surface area contributed by atoms with E-state index in [-0.39, 0.29) is 11.9 Å². The number of hydrogen-bond donors (Lipinski definition) is 2. The molecule has 0 saturated carbocycles. The summed E-state index contributed by atoms with van der Waals surface area (Å²) >= 11 is 1.67. The summed E-state index contributed by atoms with van der Waals surface area (Å²) in [7, 11) is 0. The summed E-state index contributed by atoms with van der Waals surface area (Å²) in [5.74, 6) is 1.02. The van der Waals surface area contributed by atoms with Gasteiger partial charge in [0, 0.05) is 28.6 Å². The Kier molecular flexibility index (Phi) is 3.91. The van der Waals surface area contributed by atoms with E-state index in [0.717, 1.165) is 29.1 Å². The summed E-state index contributed by atoms with van der Waals surface area (Å²) in [5, 5.41) is 6.65. The molecule has 1 aromatic heterocycles. The number of carbonyl (C=O) groups is 1. The Morgan fingerprint density at radius 2 is 2.13 bits per heavy atom. The maximum absolute atomic E-state index is 12.4. The van der Waals surface area contributed by atoms with Crippen molar-refractivity contribution in [2.24, 2.45) is 0 Å². The number of fused-ring (bicyclic) bond motifs is 2. The Hall–Kier alpha value is -1.72. The highest BCUT2D eigenvalue weighted by Crippen LogP contribution is 2.32. The molecule has 2 N–H and O–H groups in total. The Labute approximate surface area is 140 Å². The molecule has 1 aromatic carbocycles. The van der Waals surface area contributed by atoms with Crippen LogP contribution < -0.4 is 10.6 Å². The van der Waals surface area contributed by atoms with Crippen molar-refractivity contribution in [3.63, 3.8) is 0 Å². The van der Waals surface area contributed by atoms with Crippen LogP contribution in [0.25, 0.3) is 11.3 Å². The Morgan fingerprint density at radius 3 is 2.87 bits per heavy atom. The number of amides is 1. The zero-order valence-electron chi connectivity index (χ0n) is 13.0. The molecular formula is C18H20N2O2S. The van der Waals surface area contributed by atoms with Gasteiger partial charge in [-0.25, -0.2) is 0 Å². The highest BCUT2D eigenvalue weighted by molar-refractivity contribution is 7.98. The predicted octanol–water partition coefficient (Wildman–Crippen LogP) is 3.29. The lowest BCUT2D eigenvalue weighted by molar-refractivity contribution is 0.0903. The molecule has 23 heavy (non-hydrogen) atoms. The second-order valence-electron chi connectivity index (χ2n) is 6.23. The summed E-state index contributed by atoms with van der Waals surface area (Å²) in [6, 6.07) is 12.9. The quantitative estimate of drug-likeness (QED) is 0.846. The minimum Gasteiger partial charge on any atom is -0.451 e. The Bertz CT molecular complexity index is 727. The second kappa shape index (κ2) is 6.06. The van der Waals surface area contributed by atoms with Crippen LogP contribution in [-0.2, 0) is 0 Å². The van der Waals surface area contributed by atoms with Gasteiger partial charge in [0.15, 0.2) is 5.76 Å². The molecule has 0 radical (unpaired) electrons. The molecule has 2 aromatic rings. The first-order valence-electron chi connectivity index (χ1n) is 8.05. The summed E-state index contributed by atoms with van der Waals surface area (Å²) < 4.78 is 5.82. The van der Waals surface area contributed by atoms with E-state index < -0.39 is 0 Å². The smallest absolute Gasteiger partial charge is 0.287 e. The average molecular weight is 328 g/mol. The molecule has 2 fully saturated rings. The van der Waals surface area contributed by atoms with Gasteiger partial charge in [-0.2, -0.15) is 0 Å². The minimum absolute atomic E-state index is 0.114. The molecule has 2 aliphatic heterocycles. The van der Waals surface area contributed by atoms with Gasteiger partial charge in [-0.05, 0) is 43.7 Å². The largest absolute Gasteiger partial charge is 0.451 e. The van der Waals surface area contributed by atoms with Crippen LogP contribution in [0.2, 0.25) is 0 Å². The lowest BCUT2D eigenvalue weighted by Gasteiger charge is -2.20. The molecule has 2 saturated heterocycles. The fourth-order valence-electron chi connectivity index (χ4n) is 3.68. The van der Waals surface area contributed by atoms with Crippen LogP contribution in [-0.4, -0.2) is 30.3 Å². The summed E-state index contributed by atoms with van der Waals surface area (Å²) in [4.78, 5) is 13.6. The lowest BCUT2D eigenvalue weighted by Crippen LogP contribution is -2.42. The van der Waals surface area contributed by atoms with Crippen molar-refractivity contribution in [2.75, 3.05) is 6.26 Å². The lowest BCUT2D eigenvalue weighted by atomic mass is 9.95. The Morgan fingerprint density at radius 1 is 1.26 bits per heavy atom. The first-order valence-corrected chi connectivity index (χ1v) is 9.27. The maximum Gasteiger partial charge on any atom is 0.287 e. The predicted molar refractivity (Wildman–Crippen MR) is 91.7 cm³/mol. The topological polar surface area (TPSA) is 54.3 Å². The fraction of sp³-hybridized carbons (Fsp3) is 0.389. The van der Waals surface area contributed by atoms with Crippen molar-refractivity contribution in [2.45, 2.75) is 42.3 Å². The van der Waals surface area contributed by atoms with E-state index in [4.69, 9.17) is 4.42 Å². The van der Waals surface area contributed by atoms with E-state index in [2.05, 4.69) is 16.7 Å². The highest BCUT2D eigenvalue weighted by atomic mass is 32.2. The zero-order chi connectivity index (χ0) is 15.8. The molecule has 4 nitrogen and oxygen atoms in total. The minimum atomic E-state index is -0.114. The molecule has 2 bridgehead atoms. The van der Waals surface area contributed by atoms with Crippen LogP contribution in [0.1, 0.15) is 29.8 Å². The van der Waals surface area contributed by atoms with Crippen LogP contribution in [0, 0.1) is 0 Å². The van der Waals surface area contributed by atoms with Gasteiger partial charge >= 0.3 is 0 Å². The van der Waals surface area contributed by atoms with Crippen molar-refractivity contribution in [3.05, 3.63) is 42.2 Å². The van der Waals surface area contributed by atoms with E-state index in [0.29, 0.717) is 17.8 Å². The molecule has 1 amide bonds. The monoisotopic (exact) mass is 328 g/mol. The number of carbonyl (C=O) groups excluding carboxylic acids is 1. The van der Waals surface area contributed by atoms with E-state index in [9.17, 15) is 4.79 Å². The molecule has 3 heterocycles. The number of benzene rings is 1. The fourth-order valence-corrected chi connectivity index (χ4v) is 4.28. The number of thioether (sulfide) groups is 1. The third kappa shape index (κ3) is 2.79. The van der Waals surface area contributed by atoms with Crippen molar-refractivity contribution in [1.29, 1.82) is 0 Å². The summed E-state index contributed by atoms with van der Waals surface area (Å²) in [6.45, 7) is 0. The third-order valence-corrected chi connectivity index (χ3v) is 5.61. The van der Waals surface area contributed by atoms with Gasteiger partial charge in [-0.3, -0.25) is 4.79 Å². The SMILES string of the molecule is CSc1ccccc1-c1ccc(C(=O)NC2CC3CCC2N3)o1. The van der Waals surface area contributed by atoms with Gasteiger partial charge in [0.1, 0.15) is 5.76 Å². The second-order valence-corrected chi connectivity index (χ2v) is 7.08. The van der Waals surface area contributed by atoms with Crippen molar-refractivity contribution >= 4 is 17.7 Å². The number of hydrogen-bond acceptors (Lipinski definition) is 4. The first kappa shape index (κ1) is 14.8. The van der Waals surface area contributed by atoms with Crippen molar-refractivity contribution in [3.8, 4) is 11.3 Å². The van der Waals surface area contributed by atoms with E-state index in [1.165, 1.54) is 6.42 Å². The molecule has 120 valence electrons. The first-order chi connectivity index (χ1) is 11.2. The third-order valence-electron chi connectivity index (χ3n) is 4.82. The highest BCUT2D eigenvalue weighted by Gasteiger charge is 2.39. The maximum atomic E-state index is 12.4. The summed E-state index contributed by atoms with van der Waals surface area (Å²) in [5.41, 5.74) is 1.03. The van der Waals surface area contributed by atoms with Crippen molar-refractivity contribution < 1.29 is 9.21 Å². The Balaban J connectivity index is 1.50. The van der Waals surface area contributed by atoms with Gasteiger partial charge in [0.05, 0.1) is 0 Å². The zero-order valence-corrected chi connectivity index (χ0v) is 13.9. The molecule has 3 atom stereocenters. The standard InChI is InChI=1S/C18H20N2O2S/c1-23-17-5-3-2-4-12(17)15-8-9-16(22-15)18(21)20-14-10-11-6-7-13(14)19-11/h2-5,8-9,11,13-14,19H,6-7,10H2,1H3,(H,20,21). The molecule has 2 aliphatic rings. The molecule has 5 heteroatoms. The van der Waals surface area contributed by atoms with Crippen LogP contribution in [0.5, 0.6) is 0 Å². The van der Waals surface area contributed by atoms with Gasteiger partial charge in [0.25, 0.3) is 5.91 Å². The van der Waals surface area contributed by atoms with Crippen LogP contribution in [0.3, 0.4) is 0 Å². The molecule has 0 spiro atoms. The van der Waals surface area contributed by atoms with Gasteiger partial charge < -0.3 is 15.1 Å². The molecular weight excluding hydrogens is 308 g/mol. The number of furan rings is 1.